The van der Waals surface area contributed by atoms with Crippen LogP contribution in [-0.2, 0) is 4.74 Å². The Morgan fingerprint density at radius 1 is 1.64 bits per heavy atom. The number of pyridine rings is 1. The number of fused-ring (bicyclic) bond motifs is 1. The van der Waals surface area contributed by atoms with Crippen molar-refractivity contribution in [2.45, 2.75) is 0 Å². The number of carbonyl (C=O) groups excluding carboxylic acids is 1. The second-order valence-corrected chi connectivity index (χ2v) is 2.79. The van der Waals surface area contributed by atoms with Gasteiger partial charge in [-0.3, -0.25) is 0 Å². The zero-order valence-corrected chi connectivity index (χ0v) is 7.91. The number of hydrogen-bond donors (Lipinski definition) is 0. The lowest BCUT2D eigenvalue weighted by Gasteiger charge is -1.97. The van der Waals surface area contributed by atoms with Crippen molar-refractivity contribution in [3.8, 4) is 0 Å². The number of ether oxygens (including phenoxy) is 1. The smallest absolute Gasteiger partial charge is 0.341 e. The van der Waals surface area contributed by atoms with Crippen LogP contribution in [-0.4, -0.2) is 23.0 Å². The fourth-order valence-corrected chi connectivity index (χ4v) is 1.24. The summed E-state index contributed by atoms with van der Waals surface area (Å²) in [4.78, 5) is 18.9. The van der Waals surface area contributed by atoms with Crippen molar-refractivity contribution in [1.29, 1.82) is 0 Å². The average Bonchev–Trinajstić information content (AvgIpc) is 2.56. The van der Waals surface area contributed by atoms with Gasteiger partial charge in [-0.15, -0.1) is 0 Å². The van der Waals surface area contributed by atoms with E-state index in [-0.39, 0.29) is 22.1 Å². The lowest BCUT2D eigenvalue weighted by molar-refractivity contribution is 0.0601. The van der Waals surface area contributed by atoms with Crippen molar-refractivity contribution in [3.63, 3.8) is 0 Å². The first-order valence-corrected chi connectivity index (χ1v) is 4.09. The highest BCUT2D eigenvalue weighted by atomic mass is 35.5. The van der Waals surface area contributed by atoms with Crippen molar-refractivity contribution in [2.75, 3.05) is 7.11 Å². The minimum atomic E-state index is -0.509. The van der Waals surface area contributed by atoms with Crippen LogP contribution in [0.4, 0.5) is 0 Å². The molecule has 5 nitrogen and oxygen atoms in total. The lowest BCUT2D eigenvalue weighted by Crippen LogP contribution is -2.01. The van der Waals surface area contributed by atoms with Crippen LogP contribution in [0.15, 0.2) is 16.7 Å². The van der Waals surface area contributed by atoms with Gasteiger partial charge in [0.25, 0.3) is 5.35 Å². The van der Waals surface area contributed by atoms with E-state index in [9.17, 15) is 4.79 Å². The van der Waals surface area contributed by atoms with Crippen molar-refractivity contribution in [1.82, 2.24) is 9.97 Å². The van der Waals surface area contributed by atoms with Gasteiger partial charge in [-0.25, -0.2) is 9.78 Å². The number of esters is 1. The topological polar surface area (TPSA) is 65.2 Å². The molecule has 0 aliphatic rings. The van der Waals surface area contributed by atoms with E-state index >= 15 is 0 Å². The van der Waals surface area contributed by atoms with Crippen LogP contribution in [0.5, 0.6) is 0 Å². The molecule has 0 radical (unpaired) electrons. The Morgan fingerprint density at radius 3 is 3.14 bits per heavy atom. The summed E-state index contributed by atoms with van der Waals surface area (Å²) in [5.41, 5.74) is 0.791. The fourth-order valence-electron chi connectivity index (χ4n) is 1.08. The lowest BCUT2D eigenvalue weighted by atomic mass is 10.2. The largest absolute Gasteiger partial charge is 0.465 e. The number of hydrogen-bond acceptors (Lipinski definition) is 5. The summed E-state index contributed by atoms with van der Waals surface area (Å²) < 4.78 is 9.57. The molecule has 0 aromatic carbocycles. The Labute approximate surface area is 83.7 Å². The SMILES string of the molecule is COC(=O)c1ccnc2nc(Cl)oc12. The molecule has 0 atom stereocenters. The van der Waals surface area contributed by atoms with Crippen LogP contribution in [0.25, 0.3) is 11.2 Å². The minimum Gasteiger partial charge on any atom is -0.465 e. The number of methoxy groups -OCH3 is 1. The number of carbonyl (C=O) groups is 1. The summed E-state index contributed by atoms with van der Waals surface area (Å²) in [6.45, 7) is 0. The predicted molar refractivity (Wildman–Crippen MR) is 48.2 cm³/mol. The molecule has 14 heavy (non-hydrogen) atoms. The molecule has 2 aromatic heterocycles. The molecule has 0 bridgehead atoms. The Balaban J connectivity index is 2.70. The zero-order valence-electron chi connectivity index (χ0n) is 7.15. The van der Waals surface area contributed by atoms with E-state index in [1.165, 1.54) is 19.4 Å². The third kappa shape index (κ3) is 1.31. The summed E-state index contributed by atoms with van der Waals surface area (Å²) in [6, 6.07) is 1.48. The highest BCUT2D eigenvalue weighted by molar-refractivity contribution is 6.28. The van der Waals surface area contributed by atoms with Gasteiger partial charge in [0.1, 0.15) is 5.56 Å². The van der Waals surface area contributed by atoms with E-state index in [4.69, 9.17) is 16.0 Å². The van der Waals surface area contributed by atoms with E-state index in [1.807, 2.05) is 0 Å². The van der Waals surface area contributed by atoms with Crippen LogP contribution >= 0.6 is 11.6 Å². The first-order valence-electron chi connectivity index (χ1n) is 3.71. The van der Waals surface area contributed by atoms with Gasteiger partial charge in [0.2, 0.25) is 5.65 Å². The number of nitrogens with zero attached hydrogens (tertiary/aromatic N) is 2. The molecule has 0 saturated heterocycles. The number of aromatic nitrogens is 2. The molecule has 6 heteroatoms. The second kappa shape index (κ2) is 3.26. The maximum Gasteiger partial charge on any atom is 0.341 e. The van der Waals surface area contributed by atoms with Crippen LogP contribution in [0.2, 0.25) is 5.35 Å². The highest BCUT2D eigenvalue weighted by Gasteiger charge is 2.15. The van der Waals surface area contributed by atoms with Crippen molar-refractivity contribution >= 4 is 28.8 Å². The molecule has 0 aliphatic carbocycles. The minimum absolute atomic E-state index is 0.0520. The van der Waals surface area contributed by atoms with Crippen LogP contribution in [0, 0.1) is 0 Å². The van der Waals surface area contributed by atoms with Crippen molar-refractivity contribution in [3.05, 3.63) is 23.2 Å². The molecule has 0 fully saturated rings. The maximum absolute atomic E-state index is 11.3. The molecular formula is C8H5ClN2O3. The van der Waals surface area contributed by atoms with Crippen molar-refractivity contribution in [2.24, 2.45) is 0 Å². The number of rotatable bonds is 1. The molecular weight excluding hydrogens is 208 g/mol. The normalized spacial score (nSPS) is 10.4. The van der Waals surface area contributed by atoms with E-state index in [0.717, 1.165) is 0 Å². The highest BCUT2D eigenvalue weighted by Crippen LogP contribution is 2.20. The van der Waals surface area contributed by atoms with Crippen LogP contribution in [0.1, 0.15) is 10.4 Å². The van der Waals surface area contributed by atoms with Crippen molar-refractivity contribution < 1.29 is 13.9 Å². The van der Waals surface area contributed by atoms with E-state index in [0.29, 0.717) is 0 Å². The molecule has 0 saturated carbocycles. The zero-order chi connectivity index (χ0) is 10.1. The molecule has 2 heterocycles. The molecule has 0 N–H and O–H groups in total. The van der Waals surface area contributed by atoms with Gasteiger partial charge in [0, 0.05) is 6.20 Å². The second-order valence-electron chi connectivity index (χ2n) is 2.47. The van der Waals surface area contributed by atoms with Gasteiger partial charge in [0.05, 0.1) is 7.11 Å². The van der Waals surface area contributed by atoms with Crippen LogP contribution in [0.3, 0.4) is 0 Å². The molecule has 0 aliphatic heterocycles. The molecule has 0 amide bonds. The third-order valence-corrected chi connectivity index (χ3v) is 1.83. The maximum atomic E-state index is 11.3. The average molecular weight is 213 g/mol. The van der Waals surface area contributed by atoms with Gasteiger partial charge in [0.15, 0.2) is 5.58 Å². The summed E-state index contributed by atoms with van der Waals surface area (Å²) in [6.07, 6.45) is 1.44. The first kappa shape index (κ1) is 8.96. The molecule has 72 valence electrons. The Hall–Kier alpha value is -1.62. The monoisotopic (exact) mass is 212 g/mol. The van der Waals surface area contributed by atoms with E-state index in [2.05, 4.69) is 14.7 Å². The van der Waals surface area contributed by atoms with Crippen LogP contribution < -0.4 is 0 Å². The Morgan fingerprint density at radius 2 is 2.43 bits per heavy atom. The van der Waals surface area contributed by atoms with Gasteiger partial charge in [-0.2, -0.15) is 4.98 Å². The summed E-state index contributed by atoms with van der Waals surface area (Å²) in [5.74, 6) is -0.509. The summed E-state index contributed by atoms with van der Waals surface area (Å²) in [5, 5.41) is -0.0520. The molecule has 2 rings (SSSR count). The summed E-state index contributed by atoms with van der Waals surface area (Å²) in [7, 11) is 1.28. The number of halogens is 1. The Kier molecular flexibility index (Phi) is 2.09. The van der Waals surface area contributed by atoms with E-state index < -0.39 is 5.97 Å². The standard InChI is InChI=1S/C8H5ClN2O3/c1-13-7(12)4-2-3-10-6-5(4)14-8(9)11-6/h2-3H,1H3. The summed E-state index contributed by atoms with van der Waals surface area (Å²) >= 11 is 5.53. The fraction of sp³-hybridized carbons (Fsp3) is 0.125. The molecule has 0 unspecified atom stereocenters. The van der Waals surface area contributed by atoms with Gasteiger partial charge >= 0.3 is 5.97 Å². The molecule has 2 aromatic rings. The van der Waals surface area contributed by atoms with Gasteiger partial charge in [-0.1, -0.05) is 0 Å². The quantitative estimate of drug-likeness (QED) is 0.673. The number of oxazole rings is 1. The van der Waals surface area contributed by atoms with Gasteiger partial charge in [-0.05, 0) is 17.7 Å². The van der Waals surface area contributed by atoms with E-state index in [1.54, 1.807) is 0 Å². The molecule has 0 spiro atoms. The third-order valence-electron chi connectivity index (χ3n) is 1.67. The Bertz CT molecular complexity index is 494. The van der Waals surface area contributed by atoms with Gasteiger partial charge < -0.3 is 9.15 Å². The first-order chi connectivity index (χ1) is 6.72. The predicted octanol–water partition coefficient (Wildman–Crippen LogP) is 1.66.